The zero-order valence-corrected chi connectivity index (χ0v) is 19.2. The van der Waals surface area contributed by atoms with Crippen molar-refractivity contribution >= 4 is 32.6 Å². The predicted octanol–water partition coefficient (Wildman–Crippen LogP) is 6.21. The first kappa shape index (κ1) is 21.2. The van der Waals surface area contributed by atoms with Gasteiger partial charge in [0.2, 0.25) is 5.91 Å². The van der Waals surface area contributed by atoms with E-state index in [2.05, 4.69) is 69.1 Å². The van der Waals surface area contributed by atoms with Gasteiger partial charge in [0.25, 0.3) is 0 Å². The Labute approximate surface area is 187 Å². The second-order valence-electron chi connectivity index (χ2n) is 8.25. The number of thiazole rings is 1. The van der Waals surface area contributed by atoms with E-state index in [0.717, 1.165) is 32.2 Å². The summed E-state index contributed by atoms with van der Waals surface area (Å²) in [6.45, 7) is 8.90. The number of nitrogens with zero attached hydrogens (tertiary/aromatic N) is 3. The van der Waals surface area contributed by atoms with E-state index >= 15 is 0 Å². The maximum atomic E-state index is 13.4. The highest BCUT2D eigenvalue weighted by atomic mass is 32.1. The minimum atomic E-state index is 0.0253. The number of benzene rings is 2. The molecule has 31 heavy (non-hydrogen) atoms. The summed E-state index contributed by atoms with van der Waals surface area (Å²) in [5.74, 6) is 0.497. The van der Waals surface area contributed by atoms with Crippen molar-refractivity contribution in [3.8, 4) is 0 Å². The van der Waals surface area contributed by atoms with Crippen molar-refractivity contribution in [1.82, 2.24) is 9.97 Å². The van der Waals surface area contributed by atoms with Crippen LogP contribution in [0.4, 0.5) is 5.13 Å². The second kappa shape index (κ2) is 8.98. The molecule has 0 aliphatic rings. The average Bonchev–Trinajstić information content (AvgIpc) is 3.22. The van der Waals surface area contributed by atoms with Crippen LogP contribution in [0.1, 0.15) is 47.7 Å². The minimum absolute atomic E-state index is 0.0253. The summed E-state index contributed by atoms with van der Waals surface area (Å²) in [4.78, 5) is 24.5. The number of amides is 1. The highest BCUT2D eigenvalue weighted by molar-refractivity contribution is 7.22. The molecule has 0 unspecified atom stereocenters. The Hall–Kier alpha value is -3.05. The van der Waals surface area contributed by atoms with Gasteiger partial charge in [0, 0.05) is 6.20 Å². The molecular weight excluding hydrogens is 402 g/mol. The quantitative estimate of drug-likeness (QED) is 0.366. The van der Waals surface area contributed by atoms with Crippen LogP contribution in [0.5, 0.6) is 0 Å². The zero-order chi connectivity index (χ0) is 22.0. The lowest BCUT2D eigenvalue weighted by Crippen LogP contribution is -2.32. The third kappa shape index (κ3) is 4.67. The number of aromatic nitrogens is 2. The van der Waals surface area contributed by atoms with Crippen LogP contribution < -0.4 is 4.90 Å². The molecule has 0 fully saturated rings. The Morgan fingerprint density at radius 1 is 1.00 bits per heavy atom. The molecule has 2 heterocycles. The molecule has 0 saturated carbocycles. The molecule has 158 valence electrons. The van der Waals surface area contributed by atoms with E-state index in [1.807, 2.05) is 18.2 Å². The maximum Gasteiger partial charge on any atom is 0.233 e. The van der Waals surface area contributed by atoms with Gasteiger partial charge in [-0.2, -0.15) is 0 Å². The van der Waals surface area contributed by atoms with E-state index in [0.29, 0.717) is 18.9 Å². The topological polar surface area (TPSA) is 46.1 Å². The lowest BCUT2D eigenvalue weighted by Gasteiger charge is -2.20. The van der Waals surface area contributed by atoms with Gasteiger partial charge in [-0.1, -0.05) is 67.6 Å². The Morgan fingerprint density at radius 2 is 1.74 bits per heavy atom. The van der Waals surface area contributed by atoms with Crippen molar-refractivity contribution < 1.29 is 4.79 Å². The van der Waals surface area contributed by atoms with E-state index in [9.17, 15) is 4.79 Å². The molecule has 4 rings (SSSR count). The molecule has 0 radical (unpaired) electrons. The highest BCUT2D eigenvalue weighted by Crippen LogP contribution is 2.34. The molecule has 0 aliphatic heterocycles. The van der Waals surface area contributed by atoms with Gasteiger partial charge in [0.05, 0.1) is 28.9 Å². The van der Waals surface area contributed by atoms with Gasteiger partial charge < -0.3 is 0 Å². The third-order valence-electron chi connectivity index (χ3n) is 5.51. The van der Waals surface area contributed by atoms with Crippen LogP contribution in [0.2, 0.25) is 0 Å². The minimum Gasteiger partial charge on any atom is -0.282 e. The van der Waals surface area contributed by atoms with Crippen molar-refractivity contribution in [2.24, 2.45) is 0 Å². The molecule has 5 heteroatoms. The number of anilines is 1. The van der Waals surface area contributed by atoms with Gasteiger partial charge in [-0.25, -0.2) is 4.98 Å². The molecule has 4 aromatic rings. The van der Waals surface area contributed by atoms with Crippen molar-refractivity contribution in [2.75, 3.05) is 4.90 Å². The lowest BCUT2D eigenvalue weighted by atomic mass is 10.0. The van der Waals surface area contributed by atoms with Crippen LogP contribution in [-0.4, -0.2) is 15.9 Å². The standard InChI is InChI=1S/C26H27N3OS/c1-17(2)21-12-10-20(11-13-21)15-23(30)29(16-22-7-5-6-14-27-22)26-28-24-18(3)8-9-19(4)25(24)31-26/h5-14,17H,15-16H2,1-4H3. The van der Waals surface area contributed by atoms with Crippen molar-refractivity contribution in [3.63, 3.8) is 0 Å². The number of rotatable bonds is 6. The summed E-state index contributed by atoms with van der Waals surface area (Å²) in [6, 6.07) is 18.3. The molecule has 0 bridgehead atoms. The normalized spacial score (nSPS) is 11.3. The molecule has 0 aliphatic carbocycles. The second-order valence-corrected chi connectivity index (χ2v) is 9.23. The van der Waals surface area contributed by atoms with E-state index in [4.69, 9.17) is 4.98 Å². The number of hydrogen-bond acceptors (Lipinski definition) is 4. The smallest absolute Gasteiger partial charge is 0.233 e. The van der Waals surface area contributed by atoms with Gasteiger partial charge in [-0.3, -0.25) is 14.7 Å². The fraction of sp³-hybridized carbons (Fsp3) is 0.269. The summed E-state index contributed by atoms with van der Waals surface area (Å²) < 4.78 is 1.13. The molecule has 0 atom stereocenters. The largest absolute Gasteiger partial charge is 0.282 e. The number of carbonyl (C=O) groups excluding carboxylic acids is 1. The van der Waals surface area contributed by atoms with Crippen LogP contribution in [0, 0.1) is 13.8 Å². The Morgan fingerprint density at radius 3 is 2.39 bits per heavy atom. The number of aryl methyl sites for hydroxylation is 2. The fourth-order valence-electron chi connectivity index (χ4n) is 3.57. The lowest BCUT2D eigenvalue weighted by molar-refractivity contribution is -0.118. The number of hydrogen-bond donors (Lipinski definition) is 0. The van der Waals surface area contributed by atoms with Gasteiger partial charge in [-0.05, 0) is 54.2 Å². The number of pyridine rings is 1. The van der Waals surface area contributed by atoms with Crippen LogP contribution in [0.15, 0.2) is 60.8 Å². The number of carbonyl (C=O) groups is 1. The van der Waals surface area contributed by atoms with E-state index in [1.165, 1.54) is 11.1 Å². The fourth-order valence-corrected chi connectivity index (χ4v) is 4.70. The third-order valence-corrected chi connectivity index (χ3v) is 6.72. The summed E-state index contributed by atoms with van der Waals surface area (Å²) in [5, 5.41) is 0.724. The van der Waals surface area contributed by atoms with Gasteiger partial charge in [0.1, 0.15) is 0 Å². The molecule has 0 N–H and O–H groups in total. The molecule has 1 amide bonds. The van der Waals surface area contributed by atoms with Crippen LogP contribution in [-0.2, 0) is 17.8 Å². The Kier molecular flexibility index (Phi) is 6.14. The molecule has 0 spiro atoms. The van der Waals surface area contributed by atoms with E-state index in [-0.39, 0.29) is 5.91 Å². The van der Waals surface area contributed by atoms with Gasteiger partial charge in [0.15, 0.2) is 5.13 Å². The zero-order valence-electron chi connectivity index (χ0n) is 18.4. The summed E-state index contributed by atoms with van der Waals surface area (Å²) in [6.07, 6.45) is 2.09. The molecule has 4 nitrogen and oxygen atoms in total. The first-order valence-electron chi connectivity index (χ1n) is 10.6. The van der Waals surface area contributed by atoms with Gasteiger partial charge in [-0.15, -0.1) is 0 Å². The van der Waals surface area contributed by atoms with Crippen molar-refractivity contribution in [3.05, 3.63) is 88.7 Å². The summed E-state index contributed by atoms with van der Waals surface area (Å²) >= 11 is 1.58. The monoisotopic (exact) mass is 429 g/mol. The Bertz CT molecular complexity index is 1160. The molecular formula is C26H27N3OS. The SMILES string of the molecule is Cc1ccc(C)c2sc(N(Cc3ccccn3)C(=O)Cc3ccc(C(C)C)cc3)nc12. The van der Waals surface area contributed by atoms with E-state index < -0.39 is 0 Å². The summed E-state index contributed by atoms with van der Waals surface area (Å²) in [5.41, 5.74) is 6.41. The van der Waals surface area contributed by atoms with Crippen LogP contribution in [0.25, 0.3) is 10.2 Å². The van der Waals surface area contributed by atoms with E-state index in [1.54, 1.807) is 22.4 Å². The van der Waals surface area contributed by atoms with Gasteiger partial charge >= 0.3 is 0 Å². The number of fused-ring (bicyclic) bond motifs is 1. The molecule has 2 aromatic heterocycles. The van der Waals surface area contributed by atoms with Crippen LogP contribution in [0.3, 0.4) is 0 Å². The molecule has 2 aromatic carbocycles. The first-order chi connectivity index (χ1) is 14.9. The average molecular weight is 430 g/mol. The first-order valence-corrected chi connectivity index (χ1v) is 11.4. The molecule has 0 saturated heterocycles. The maximum absolute atomic E-state index is 13.4. The highest BCUT2D eigenvalue weighted by Gasteiger charge is 2.22. The van der Waals surface area contributed by atoms with Crippen LogP contribution >= 0.6 is 11.3 Å². The van der Waals surface area contributed by atoms with Crippen molar-refractivity contribution in [2.45, 2.75) is 46.6 Å². The van der Waals surface area contributed by atoms with Crippen molar-refractivity contribution in [1.29, 1.82) is 0 Å². The Balaban J connectivity index is 1.68. The predicted molar refractivity (Wildman–Crippen MR) is 129 cm³/mol. The summed E-state index contributed by atoms with van der Waals surface area (Å²) in [7, 11) is 0.